The van der Waals surface area contributed by atoms with E-state index in [1.165, 1.54) is 19.2 Å². The molecule has 4 rings (SSSR count). The van der Waals surface area contributed by atoms with Gasteiger partial charge >= 0.3 is 0 Å². The first-order valence-electron chi connectivity index (χ1n) is 10.1. The predicted octanol–water partition coefficient (Wildman–Crippen LogP) is 0.692. The average molecular weight is 464 g/mol. The lowest BCUT2D eigenvalue weighted by molar-refractivity contribution is -0.307. The number of aliphatic hydroxyl groups is 2. The molecule has 0 amide bonds. The Bertz CT molecular complexity index is 1030. The summed E-state index contributed by atoms with van der Waals surface area (Å²) in [5.41, 5.74) is -0.139. The minimum atomic E-state index is -1.59. The third-order valence-corrected chi connectivity index (χ3v) is 5.68. The second kappa shape index (κ2) is 8.69. The topological polar surface area (TPSA) is 175 Å². The fourth-order valence-corrected chi connectivity index (χ4v) is 4.15. The molecule has 7 unspecified atom stereocenters. The number of carbonyl (C=O) groups excluding carboxylic acids is 1. The molecule has 6 N–H and O–H groups in total. The van der Waals surface area contributed by atoms with Crippen LogP contribution in [0.3, 0.4) is 0 Å². The highest BCUT2D eigenvalue weighted by Gasteiger charge is 2.48. The van der Waals surface area contributed by atoms with Crippen LogP contribution in [0.1, 0.15) is 28.9 Å². The van der Waals surface area contributed by atoms with Crippen LogP contribution in [0.2, 0.25) is 0 Å². The largest absolute Gasteiger partial charge is 0.508 e. The first-order valence-corrected chi connectivity index (χ1v) is 10.1. The molecule has 2 aliphatic heterocycles. The van der Waals surface area contributed by atoms with Gasteiger partial charge in [0.1, 0.15) is 52.6 Å². The fraction of sp³-hybridized carbons (Fsp3) is 0.409. The predicted molar refractivity (Wildman–Crippen MR) is 109 cm³/mol. The van der Waals surface area contributed by atoms with Crippen molar-refractivity contribution in [2.75, 3.05) is 7.11 Å². The lowest BCUT2D eigenvalue weighted by atomic mass is 9.92. The molecule has 0 spiro atoms. The Kier molecular flexibility index (Phi) is 6.08. The number of hydrogen-bond donors (Lipinski definition) is 6. The number of aliphatic hydroxyl groups excluding tert-OH is 2. The third kappa shape index (κ3) is 4.16. The van der Waals surface area contributed by atoms with Crippen LogP contribution in [0.15, 0.2) is 30.3 Å². The molecule has 2 heterocycles. The lowest BCUT2D eigenvalue weighted by Crippen LogP contribution is -2.59. The number of hydrogen-bond acceptors (Lipinski definition) is 11. The van der Waals surface area contributed by atoms with Crippen molar-refractivity contribution in [2.45, 2.75) is 49.8 Å². The summed E-state index contributed by atoms with van der Waals surface area (Å²) >= 11 is 0. The van der Waals surface area contributed by atoms with E-state index >= 15 is 0 Å². The Labute approximate surface area is 188 Å². The molecule has 33 heavy (non-hydrogen) atoms. The molecular formula is C22H24O11. The molecule has 2 aromatic rings. The molecule has 1 fully saturated rings. The Morgan fingerprint density at radius 2 is 1.55 bits per heavy atom. The SMILES string of the molecule is COC1C(C)OC(OC2C(=O)c3c(O)cc(O)cc3OC2c2cc(O)cc(O)c2)C(O)C1O. The Hall–Kier alpha value is -3.09. The maximum Gasteiger partial charge on any atom is 0.203 e. The lowest BCUT2D eigenvalue weighted by Gasteiger charge is -2.43. The van der Waals surface area contributed by atoms with Crippen LogP contribution in [-0.2, 0) is 14.2 Å². The normalized spacial score (nSPS) is 31.6. The summed E-state index contributed by atoms with van der Waals surface area (Å²) in [6.45, 7) is 1.59. The molecular weight excluding hydrogens is 440 g/mol. The van der Waals surface area contributed by atoms with E-state index in [-0.39, 0.29) is 34.1 Å². The van der Waals surface area contributed by atoms with Gasteiger partial charge in [-0.05, 0) is 19.1 Å². The van der Waals surface area contributed by atoms with Crippen LogP contribution in [0.5, 0.6) is 28.7 Å². The minimum absolute atomic E-state index is 0.132. The molecule has 11 heteroatoms. The molecule has 178 valence electrons. The number of ketones is 1. The molecule has 0 aromatic heterocycles. The first kappa shape index (κ1) is 23.1. The number of fused-ring (bicyclic) bond motifs is 1. The van der Waals surface area contributed by atoms with E-state index in [2.05, 4.69) is 0 Å². The quantitative estimate of drug-likeness (QED) is 0.375. The molecule has 0 aliphatic carbocycles. The van der Waals surface area contributed by atoms with Gasteiger partial charge in [-0.1, -0.05) is 0 Å². The number of phenols is 4. The van der Waals surface area contributed by atoms with Crippen molar-refractivity contribution in [2.24, 2.45) is 0 Å². The molecule has 0 saturated carbocycles. The van der Waals surface area contributed by atoms with Gasteiger partial charge in [0.05, 0.1) is 6.10 Å². The third-order valence-electron chi connectivity index (χ3n) is 5.68. The smallest absolute Gasteiger partial charge is 0.203 e. The van der Waals surface area contributed by atoms with Gasteiger partial charge in [-0.2, -0.15) is 0 Å². The van der Waals surface area contributed by atoms with Gasteiger partial charge in [0.2, 0.25) is 5.78 Å². The Morgan fingerprint density at radius 3 is 2.18 bits per heavy atom. The fourth-order valence-electron chi connectivity index (χ4n) is 4.15. The maximum atomic E-state index is 13.4. The van der Waals surface area contributed by atoms with Crippen LogP contribution in [0, 0.1) is 0 Å². The monoisotopic (exact) mass is 464 g/mol. The van der Waals surface area contributed by atoms with Gasteiger partial charge in [0, 0.05) is 30.9 Å². The van der Waals surface area contributed by atoms with Crippen molar-refractivity contribution in [1.82, 2.24) is 0 Å². The number of Topliss-reactive ketones (excluding diaryl/α,β-unsaturated/α-hetero) is 1. The van der Waals surface area contributed by atoms with Crippen molar-refractivity contribution in [3.8, 4) is 28.7 Å². The summed E-state index contributed by atoms with van der Waals surface area (Å²) in [6.07, 6.45) is -8.83. The summed E-state index contributed by atoms with van der Waals surface area (Å²) in [6, 6.07) is 5.63. The molecule has 2 aliphatic rings. The van der Waals surface area contributed by atoms with Crippen LogP contribution in [0.4, 0.5) is 0 Å². The van der Waals surface area contributed by atoms with Gasteiger partial charge in [-0.3, -0.25) is 4.79 Å². The number of methoxy groups -OCH3 is 1. The first-order chi connectivity index (χ1) is 15.6. The van der Waals surface area contributed by atoms with Crippen molar-refractivity contribution in [3.05, 3.63) is 41.5 Å². The highest BCUT2D eigenvalue weighted by molar-refractivity contribution is 6.05. The summed E-state index contributed by atoms with van der Waals surface area (Å²) in [5.74, 6) is -2.46. The van der Waals surface area contributed by atoms with E-state index in [1.54, 1.807) is 6.92 Å². The average Bonchev–Trinajstić information content (AvgIpc) is 2.72. The van der Waals surface area contributed by atoms with E-state index in [0.717, 1.165) is 18.2 Å². The number of ether oxygens (including phenoxy) is 4. The second-order valence-electron chi connectivity index (χ2n) is 7.97. The van der Waals surface area contributed by atoms with Crippen LogP contribution in [-0.4, -0.2) is 80.3 Å². The highest BCUT2D eigenvalue weighted by atomic mass is 16.7. The Balaban J connectivity index is 1.75. The highest BCUT2D eigenvalue weighted by Crippen LogP contribution is 2.44. The zero-order valence-corrected chi connectivity index (χ0v) is 17.7. The zero-order chi connectivity index (χ0) is 24.0. The molecule has 0 radical (unpaired) electrons. The van der Waals surface area contributed by atoms with Gasteiger partial charge in [0.25, 0.3) is 0 Å². The van der Waals surface area contributed by atoms with Crippen LogP contribution >= 0.6 is 0 Å². The van der Waals surface area contributed by atoms with Crippen molar-refractivity contribution < 1.29 is 54.4 Å². The van der Waals surface area contributed by atoms with E-state index < -0.39 is 54.4 Å². The van der Waals surface area contributed by atoms with Crippen molar-refractivity contribution >= 4 is 5.78 Å². The van der Waals surface area contributed by atoms with Gasteiger partial charge < -0.3 is 49.6 Å². The zero-order valence-electron chi connectivity index (χ0n) is 17.7. The summed E-state index contributed by atoms with van der Waals surface area (Å²) in [7, 11) is 1.35. The number of carbonyl (C=O) groups is 1. The van der Waals surface area contributed by atoms with Gasteiger partial charge in [0.15, 0.2) is 18.5 Å². The van der Waals surface area contributed by atoms with E-state index in [9.17, 15) is 35.4 Å². The van der Waals surface area contributed by atoms with Crippen LogP contribution < -0.4 is 4.74 Å². The van der Waals surface area contributed by atoms with Gasteiger partial charge in [-0.15, -0.1) is 0 Å². The maximum absolute atomic E-state index is 13.4. The molecule has 0 bridgehead atoms. The molecule has 7 atom stereocenters. The van der Waals surface area contributed by atoms with E-state index in [1.807, 2.05) is 0 Å². The summed E-state index contributed by atoms with van der Waals surface area (Å²) in [4.78, 5) is 13.4. The minimum Gasteiger partial charge on any atom is -0.508 e. The van der Waals surface area contributed by atoms with E-state index in [0.29, 0.717) is 0 Å². The molecule has 11 nitrogen and oxygen atoms in total. The van der Waals surface area contributed by atoms with Crippen LogP contribution in [0.25, 0.3) is 0 Å². The van der Waals surface area contributed by atoms with Crippen molar-refractivity contribution in [1.29, 1.82) is 0 Å². The second-order valence-corrected chi connectivity index (χ2v) is 7.97. The van der Waals surface area contributed by atoms with E-state index in [4.69, 9.17) is 18.9 Å². The summed E-state index contributed by atoms with van der Waals surface area (Å²) < 4.78 is 22.4. The number of rotatable bonds is 4. The summed E-state index contributed by atoms with van der Waals surface area (Å²) in [5, 5.41) is 60.8. The molecule has 2 aromatic carbocycles. The molecule has 1 saturated heterocycles. The standard InChI is InChI=1S/C22H24O11/c1-8-19(30-2)17(28)18(29)22(31-8)33-21-16(27)15-13(26)6-12(25)7-14(15)32-20(21)9-3-10(23)5-11(24)4-9/h3-8,17-26,28-29H,1-2H3. The Morgan fingerprint density at radius 1 is 0.909 bits per heavy atom. The number of benzene rings is 2. The number of aromatic hydroxyl groups is 4. The van der Waals surface area contributed by atoms with Crippen molar-refractivity contribution in [3.63, 3.8) is 0 Å². The number of phenolic OH excluding ortho intramolecular Hbond substituents is 4. The van der Waals surface area contributed by atoms with Gasteiger partial charge in [-0.25, -0.2) is 0 Å².